The van der Waals surface area contributed by atoms with E-state index in [0.29, 0.717) is 5.56 Å². The van der Waals surface area contributed by atoms with Crippen LogP contribution in [0.2, 0.25) is 0 Å². The number of hydrogen-bond donors (Lipinski definition) is 1. The third kappa shape index (κ3) is 3.99. The summed E-state index contributed by atoms with van der Waals surface area (Å²) in [7, 11) is 0. The minimum absolute atomic E-state index is 0.204. The zero-order chi connectivity index (χ0) is 16.6. The van der Waals surface area contributed by atoms with Gasteiger partial charge in [0.15, 0.2) is 0 Å². The number of hydrogen-bond acceptors (Lipinski definition) is 3. The molecule has 3 nitrogen and oxygen atoms in total. The van der Waals surface area contributed by atoms with Gasteiger partial charge in [0.1, 0.15) is 0 Å². The van der Waals surface area contributed by atoms with Crippen LogP contribution in [-0.2, 0) is 0 Å². The first-order valence-electron chi connectivity index (χ1n) is 8.07. The summed E-state index contributed by atoms with van der Waals surface area (Å²) in [4.78, 5) is 4.53. The van der Waals surface area contributed by atoms with Crippen molar-refractivity contribution >= 4 is 5.69 Å². The van der Waals surface area contributed by atoms with Crippen molar-refractivity contribution in [3.8, 4) is 6.07 Å². The number of rotatable bonds is 6. The highest BCUT2D eigenvalue weighted by Crippen LogP contribution is 2.26. The Hall–Kier alpha value is -3.12. The van der Waals surface area contributed by atoms with Crippen molar-refractivity contribution in [1.82, 2.24) is 4.98 Å². The Morgan fingerprint density at radius 1 is 0.917 bits per heavy atom. The molecule has 3 aromatic rings. The lowest BCUT2D eigenvalue weighted by Gasteiger charge is -2.18. The van der Waals surface area contributed by atoms with E-state index in [1.165, 1.54) is 5.56 Å². The number of nitrogens with zero attached hydrogens (tertiary/aromatic N) is 2. The molecule has 0 spiro atoms. The van der Waals surface area contributed by atoms with Crippen LogP contribution in [0.4, 0.5) is 5.69 Å². The van der Waals surface area contributed by atoms with E-state index < -0.39 is 0 Å². The molecule has 0 saturated heterocycles. The predicted octanol–water partition coefficient (Wildman–Crippen LogP) is 4.59. The van der Waals surface area contributed by atoms with Crippen LogP contribution in [0.1, 0.15) is 29.2 Å². The lowest BCUT2D eigenvalue weighted by Crippen LogP contribution is -2.10. The average Bonchev–Trinajstić information content (AvgIpc) is 2.67. The first-order valence-corrected chi connectivity index (χ1v) is 8.07. The Kier molecular flexibility index (Phi) is 5.21. The fraction of sp³-hybridized carbons (Fsp3) is 0.143. The minimum atomic E-state index is 0.204. The smallest absolute Gasteiger partial charge is 0.0991 e. The molecule has 0 unspecified atom stereocenters. The average molecular weight is 313 g/mol. The number of pyridine rings is 1. The quantitative estimate of drug-likeness (QED) is 0.724. The van der Waals surface area contributed by atoms with Gasteiger partial charge in [-0.2, -0.15) is 5.26 Å². The third-order valence-corrected chi connectivity index (χ3v) is 4.02. The largest absolute Gasteiger partial charge is 0.385 e. The van der Waals surface area contributed by atoms with Crippen LogP contribution in [0.3, 0.4) is 0 Å². The highest BCUT2D eigenvalue weighted by Gasteiger charge is 2.15. The summed E-state index contributed by atoms with van der Waals surface area (Å²) in [5.74, 6) is 0.204. The van der Waals surface area contributed by atoms with E-state index in [4.69, 9.17) is 5.26 Å². The second-order valence-electron chi connectivity index (χ2n) is 5.62. The highest BCUT2D eigenvalue weighted by atomic mass is 14.9. The Labute approximate surface area is 142 Å². The summed E-state index contributed by atoms with van der Waals surface area (Å²) in [6.07, 6.45) is 2.76. The number of nitriles is 1. The standard InChI is InChI=1S/C21H19N3/c22-16-17-9-11-18(12-10-17)20(21-8-4-5-14-24-21)13-15-23-19-6-2-1-3-7-19/h1-12,14,20,23H,13,15H2/t20-/m1/s1. The monoisotopic (exact) mass is 313 g/mol. The zero-order valence-electron chi connectivity index (χ0n) is 13.4. The van der Waals surface area contributed by atoms with Crippen molar-refractivity contribution in [2.24, 2.45) is 0 Å². The maximum Gasteiger partial charge on any atom is 0.0991 e. The van der Waals surface area contributed by atoms with Gasteiger partial charge in [-0.05, 0) is 48.4 Å². The molecule has 0 radical (unpaired) electrons. The maximum atomic E-state index is 8.98. The molecule has 3 rings (SSSR count). The van der Waals surface area contributed by atoms with Crippen LogP contribution in [0.15, 0.2) is 79.0 Å². The van der Waals surface area contributed by atoms with Crippen molar-refractivity contribution in [1.29, 1.82) is 5.26 Å². The fourth-order valence-electron chi connectivity index (χ4n) is 2.77. The van der Waals surface area contributed by atoms with Gasteiger partial charge < -0.3 is 5.32 Å². The van der Waals surface area contributed by atoms with E-state index in [-0.39, 0.29) is 5.92 Å². The predicted molar refractivity (Wildman–Crippen MR) is 96.8 cm³/mol. The highest BCUT2D eigenvalue weighted by molar-refractivity contribution is 5.42. The third-order valence-electron chi connectivity index (χ3n) is 4.02. The second kappa shape index (κ2) is 7.94. The van der Waals surface area contributed by atoms with Gasteiger partial charge in [-0.25, -0.2) is 0 Å². The van der Waals surface area contributed by atoms with E-state index in [1.807, 2.05) is 60.8 Å². The van der Waals surface area contributed by atoms with Gasteiger partial charge in [0.2, 0.25) is 0 Å². The minimum Gasteiger partial charge on any atom is -0.385 e. The zero-order valence-corrected chi connectivity index (χ0v) is 13.4. The van der Waals surface area contributed by atoms with Crippen LogP contribution in [0.25, 0.3) is 0 Å². The van der Waals surface area contributed by atoms with Crippen molar-refractivity contribution in [3.05, 3.63) is 95.8 Å². The molecule has 118 valence electrons. The van der Waals surface area contributed by atoms with Crippen molar-refractivity contribution in [3.63, 3.8) is 0 Å². The van der Waals surface area contributed by atoms with Gasteiger partial charge in [-0.3, -0.25) is 4.98 Å². The molecule has 0 aliphatic rings. The number of benzene rings is 2. The van der Waals surface area contributed by atoms with Gasteiger partial charge >= 0.3 is 0 Å². The Balaban J connectivity index is 1.76. The van der Waals surface area contributed by atoms with Crippen LogP contribution in [0, 0.1) is 11.3 Å². The summed E-state index contributed by atoms with van der Waals surface area (Å²) < 4.78 is 0. The lowest BCUT2D eigenvalue weighted by atomic mass is 9.91. The molecule has 0 fully saturated rings. The Morgan fingerprint density at radius 3 is 2.33 bits per heavy atom. The normalized spacial score (nSPS) is 11.5. The molecular formula is C21H19N3. The molecule has 0 bridgehead atoms. The van der Waals surface area contributed by atoms with Crippen LogP contribution in [0.5, 0.6) is 0 Å². The molecule has 1 N–H and O–H groups in total. The van der Waals surface area contributed by atoms with Gasteiger partial charge in [-0.1, -0.05) is 36.4 Å². The molecule has 1 atom stereocenters. The van der Waals surface area contributed by atoms with E-state index in [1.54, 1.807) is 0 Å². The summed E-state index contributed by atoms with van der Waals surface area (Å²) in [5.41, 5.74) is 4.04. The topological polar surface area (TPSA) is 48.7 Å². The Morgan fingerprint density at radius 2 is 1.67 bits per heavy atom. The molecule has 1 heterocycles. The summed E-state index contributed by atoms with van der Waals surface area (Å²) >= 11 is 0. The van der Waals surface area contributed by atoms with E-state index in [2.05, 4.69) is 34.6 Å². The molecule has 0 aliphatic carbocycles. The van der Waals surface area contributed by atoms with Crippen molar-refractivity contribution in [2.45, 2.75) is 12.3 Å². The van der Waals surface area contributed by atoms with Crippen LogP contribution < -0.4 is 5.32 Å². The van der Waals surface area contributed by atoms with E-state index in [0.717, 1.165) is 24.3 Å². The maximum absolute atomic E-state index is 8.98. The van der Waals surface area contributed by atoms with Gasteiger partial charge in [0.25, 0.3) is 0 Å². The molecular weight excluding hydrogens is 294 g/mol. The van der Waals surface area contributed by atoms with E-state index in [9.17, 15) is 0 Å². The second-order valence-corrected chi connectivity index (χ2v) is 5.62. The first kappa shape index (κ1) is 15.8. The summed E-state index contributed by atoms with van der Waals surface area (Å²) in [5, 5.41) is 12.4. The van der Waals surface area contributed by atoms with Crippen molar-refractivity contribution in [2.75, 3.05) is 11.9 Å². The molecule has 2 aromatic carbocycles. The first-order chi connectivity index (χ1) is 11.9. The number of para-hydroxylation sites is 1. The van der Waals surface area contributed by atoms with Crippen molar-refractivity contribution < 1.29 is 0 Å². The molecule has 3 heteroatoms. The summed E-state index contributed by atoms with van der Waals surface area (Å²) in [6.45, 7) is 0.852. The number of anilines is 1. The van der Waals surface area contributed by atoms with Gasteiger partial charge in [0.05, 0.1) is 11.6 Å². The molecule has 0 amide bonds. The summed E-state index contributed by atoms with van der Waals surface area (Å²) in [6, 6.07) is 26.2. The van der Waals surface area contributed by atoms with Gasteiger partial charge in [-0.15, -0.1) is 0 Å². The molecule has 24 heavy (non-hydrogen) atoms. The van der Waals surface area contributed by atoms with Crippen LogP contribution >= 0.6 is 0 Å². The molecule has 0 saturated carbocycles. The number of aromatic nitrogens is 1. The van der Waals surface area contributed by atoms with Crippen LogP contribution in [-0.4, -0.2) is 11.5 Å². The SMILES string of the molecule is N#Cc1ccc([C@@H](CCNc2ccccc2)c2ccccn2)cc1. The number of nitrogens with one attached hydrogen (secondary N) is 1. The molecule has 1 aromatic heterocycles. The molecule has 0 aliphatic heterocycles. The lowest BCUT2D eigenvalue weighted by molar-refractivity contribution is 0.722. The van der Waals surface area contributed by atoms with Gasteiger partial charge in [0, 0.05) is 30.0 Å². The Bertz CT molecular complexity index is 790. The fourth-order valence-corrected chi connectivity index (χ4v) is 2.77. The van der Waals surface area contributed by atoms with E-state index >= 15 is 0 Å².